The maximum absolute atomic E-state index is 14.2. The second kappa shape index (κ2) is 7.92. The number of carbonyl (C=O) groups excluding carboxylic acids is 1. The van der Waals surface area contributed by atoms with E-state index in [0.717, 1.165) is 6.42 Å². The molecule has 1 aromatic rings. The smallest absolute Gasteiger partial charge is 0.342 e. The van der Waals surface area contributed by atoms with E-state index in [9.17, 15) is 14.3 Å². The number of hydrogen-bond donors (Lipinski definition) is 1. The van der Waals surface area contributed by atoms with Crippen LogP contribution in [0.25, 0.3) is 0 Å². The SMILES string of the molecule is CCCC(F)[Si](C)(C)Oc1ccc(C(C)(O)C(=O)OCC)cc1. The Balaban J connectivity index is 2.86. The van der Waals surface area contributed by atoms with Gasteiger partial charge in [-0.2, -0.15) is 0 Å². The van der Waals surface area contributed by atoms with Gasteiger partial charge in [-0.3, -0.25) is 0 Å². The normalized spacial score (nSPS) is 15.6. The first-order valence-corrected chi connectivity index (χ1v) is 11.0. The fraction of sp³-hybridized carbons (Fsp3) is 0.588. The van der Waals surface area contributed by atoms with Gasteiger partial charge in [-0.05, 0) is 51.1 Å². The summed E-state index contributed by atoms with van der Waals surface area (Å²) in [7, 11) is -2.49. The molecule has 2 atom stereocenters. The van der Waals surface area contributed by atoms with Crippen LogP contribution in [0, 0.1) is 0 Å². The van der Waals surface area contributed by atoms with E-state index in [2.05, 4.69) is 0 Å². The van der Waals surface area contributed by atoms with Crippen LogP contribution in [0.3, 0.4) is 0 Å². The minimum absolute atomic E-state index is 0.200. The molecule has 0 spiro atoms. The number of benzene rings is 1. The zero-order valence-corrected chi connectivity index (χ0v) is 15.6. The van der Waals surface area contributed by atoms with Gasteiger partial charge in [0.25, 0.3) is 8.32 Å². The van der Waals surface area contributed by atoms with E-state index >= 15 is 0 Å². The van der Waals surface area contributed by atoms with Crippen LogP contribution in [-0.2, 0) is 15.1 Å². The molecule has 0 aliphatic rings. The summed E-state index contributed by atoms with van der Waals surface area (Å²) in [6, 6.07) is 6.50. The van der Waals surface area contributed by atoms with Crippen molar-refractivity contribution in [3.05, 3.63) is 29.8 Å². The number of aliphatic hydroxyl groups is 1. The van der Waals surface area contributed by atoms with Gasteiger partial charge in [-0.25, -0.2) is 9.18 Å². The Morgan fingerprint density at radius 2 is 1.87 bits per heavy atom. The topological polar surface area (TPSA) is 55.8 Å². The number of ether oxygens (including phenoxy) is 1. The predicted molar refractivity (Wildman–Crippen MR) is 90.6 cm³/mol. The van der Waals surface area contributed by atoms with Gasteiger partial charge in [0, 0.05) is 0 Å². The Hall–Kier alpha value is -1.40. The molecule has 23 heavy (non-hydrogen) atoms. The molecule has 0 aliphatic carbocycles. The van der Waals surface area contributed by atoms with Gasteiger partial charge in [0.05, 0.1) is 6.61 Å². The molecule has 4 nitrogen and oxygen atoms in total. The lowest BCUT2D eigenvalue weighted by molar-refractivity contribution is -0.164. The number of hydrogen-bond acceptors (Lipinski definition) is 4. The second-order valence-corrected chi connectivity index (χ2v) is 10.3. The monoisotopic (exact) mass is 342 g/mol. The first kappa shape index (κ1) is 19.6. The molecular formula is C17H27FO4Si. The van der Waals surface area contributed by atoms with Crippen LogP contribution in [0.2, 0.25) is 13.1 Å². The standard InChI is InChI=1S/C17H27FO4Si/c1-6-8-15(18)23(4,5)22-14-11-9-13(10-12-14)17(3,20)16(19)21-7-2/h9-12,15,20H,6-8H2,1-5H3. The molecule has 0 heterocycles. The van der Waals surface area contributed by atoms with Crippen LogP contribution in [0.15, 0.2) is 24.3 Å². The van der Waals surface area contributed by atoms with Gasteiger partial charge >= 0.3 is 5.97 Å². The molecule has 0 aliphatic heterocycles. The molecule has 0 fully saturated rings. The highest BCUT2D eigenvalue weighted by Crippen LogP contribution is 2.27. The van der Waals surface area contributed by atoms with Gasteiger partial charge in [0.15, 0.2) is 5.60 Å². The molecule has 2 unspecified atom stereocenters. The molecule has 6 heteroatoms. The van der Waals surface area contributed by atoms with Crippen LogP contribution < -0.4 is 4.43 Å². The maximum Gasteiger partial charge on any atom is 0.342 e. The van der Waals surface area contributed by atoms with Gasteiger partial charge in [-0.1, -0.05) is 25.5 Å². The van der Waals surface area contributed by atoms with Crippen molar-refractivity contribution in [1.29, 1.82) is 0 Å². The summed E-state index contributed by atoms with van der Waals surface area (Å²) in [5, 5.41) is 10.3. The third-order valence-corrected chi connectivity index (χ3v) is 6.33. The molecule has 130 valence electrons. The third-order valence-electron chi connectivity index (χ3n) is 3.77. The van der Waals surface area contributed by atoms with Crippen LogP contribution in [0.4, 0.5) is 4.39 Å². The summed E-state index contributed by atoms with van der Waals surface area (Å²) >= 11 is 0. The van der Waals surface area contributed by atoms with Gasteiger partial charge in [0.1, 0.15) is 11.5 Å². The van der Waals surface area contributed by atoms with Crippen molar-refractivity contribution in [2.75, 3.05) is 6.61 Å². The number of alkyl halides is 1. The summed E-state index contributed by atoms with van der Waals surface area (Å²) in [6.45, 7) is 8.90. The van der Waals surface area contributed by atoms with Gasteiger partial charge in [0.2, 0.25) is 0 Å². The minimum atomic E-state index is -2.49. The van der Waals surface area contributed by atoms with Crippen LogP contribution in [0.5, 0.6) is 5.75 Å². The first-order chi connectivity index (χ1) is 10.6. The fourth-order valence-electron chi connectivity index (χ4n) is 2.21. The highest BCUT2D eigenvalue weighted by Gasteiger charge is 2.36. The van der Waals surface area contributed by atoms with Crippen molar-refractivity contribution in [3.8, 4) is 5.75 Å². The molecule has 0 saturated heterocycles. The lowest BCUT2D eigenvalue weighted by Gasteiger charge is -2.28. The molecule has 1 rings (SSSR count). The largest absolute Gasteiger partial charge is 0.541 e. The van der Waals surface area contributed by atoms with E-state index in [1.165, 1.54) is 6.92 Å². The van der Waals surface area contributed by atoms with Crippen molar-refractivity contribution in [3.63, 3.8) is 0 Å². The number of halogens is 1. The molecule has 1 aromatic carbocycles. The Morgan fingerprint density at radius 1 is 1.30 bits per heavy atom. The Bertz CT molecular complexity index is 514. The van der Waals surface area contributed by atoms with E-state index in [4.69, 9.17) is 9.16 Å². The summed E-state index contributed by atoms with van der Waals surface area (Å²) < 4.78 is 24.9. The van der Waals surface area contributed by atoms with Gasteiger partial charge < -0.3 is 14.3 Å². The molecular weight excluding hydrogens is 315 g/mol. The average Bonchev–Trinajstić information content (AvgIpc) is 2.48. The maximum atomic E-state index is 14.2. The van der Waals surface area contributed by atoms with Crippen LogP contribution in [-0.4, -0.2) is 31.8 Å². The summed E-state index contributed by atoms with van der Waals surface area (Å²) in [5.74, 6) is -1.09. The summed E-state index contributed by atoms with van der Waals surface area (Å²) in [4.78, 5) is 11.8. The number of esters is 1. The molecule has 0 aromatic heterocycles. The molecule has 1 N–H and O–H groups in total. The lowest BCUT2D eigenvalue weighted by atomic mass is 9.96. The van der Waals surface area contributed by atoms with Crippen LogP contribution in [0.1, 0.15) is 39.2 Å². The predicted octanol–water partition coefficient (Wildman–Crippen LogP) is 3.72. The fourth-order valence-corrected chi connectivity index (χ4v) is 4.06. The van der Waals surface area contributed by atoms with Crippen molar-refractivity contribution in [1.82, 2.24) is 0 Å². The molecule has 0 saturated carbocycles. The Kier molecular flexibility index (Phi) is 6.77. The highest BCUT2D eigenvalue weighted by atomic mass is 28.4. The van der Waals surface area contributed by atoms with E-state index in [-0.39, 0.29) is 6.61 Å². The minimum Gasteiger partial charge on any atom is -0.541 e. The first-order valence-electron chi connectivity index (χ1n) is 7.98. The second-order valence-electron chi connectivity index (χ2n) is 6.28. The number of rotatable bonds is 8. The molecule has 0 radical (unpaired) electrons. The van der Waals surface area contributed by atoms with Gasteiger partial charge in [-0.15, -0.1) is 0 Å². The average molecular weight is 342 g/mol. The Labute approximate surface area is 138 Å². The van der Waals surface area contributed by atoms with Crippen molar-refractivity contribution in [2.24, 2.45) is 0 Å². The van der Waals surface area contributed by atoms with Crippen molar-refractivity contribution in [2.45, 2.75) is 58.1 Å². The quantitative estimate of drug-likeness (QED) is 0.578. The van der Waals surface area contributed by atoms with Crippen molar-refractivity contribution < 1.29 is 23.5 Å². The van der Waals surface area contributed by atoms with E-state index in [0.29, 0.717) is 17.7 Å². The summed E-state index contributed by atoms with van der Waals surface area (Å²) in [6.07, 6.45) is 1.27. The van der Waals surface area contributed by atoms with E-state index < -0.39 is 25.7 Å². The van der Waals surface area contributed by atoms with E-state index in [1.54, 1.807) is 31.2 Å². The zero-order chi connectivity index (χ0) is 17.7. The zero-order valence-electron chi connectivity index (χ0n) is 14.6. The molecule has 0 amide bonds. The van der Waals surface area contributed by atoms with Crippen LogP contribution >= 0.6 is 0 Å². The highest BCUT2D eigenvalue weighted by molar-refractivity contribution is 6.73. The summed E-state index contributed by atoms with van der Waals surface area (Å²) in [5.41, 5.74) is -1.31. The Morgan fingerprint density at radius 3 is 2.35 bits per heavy atom. The van der Waals surface area contributed by atoms with Crippen molar-refractivity contribution >= 4 is 14.3 Å². The number of carbonyl (C=O) groups is 1. The molecule has 0 bridgehead atoms. The van der Waals surface area contributed by atoms with E-state index in [1.807, 2.05) is 20.0 Å². The third kappa shape index (κ3) is 5.04. The lowest BCUT2D eigenvalue weighted by Crippen LogP contribution is -2.45.